The number of hydrogen-bond donors (Lipinski definition) is 2. The largest absolute Gasteiger partial charge is 0.493 e. The van der Waals surface area contributed by atoms with Crippen LogP contribution in [0.1, 0.15) is 11.6 Å². The third-order valence-electron chi connectivity index (χ3n) is 2.71. The Kier molecular flexibility index (Phi) is 3.69. The third-order valence-corrected chi connectivity index (χ3v) is 2.71. The van der Waals surface area contributed by atoms with Crippen molar-refractivity contribution in [3.8, 4) is 11.5 Å². The molecular weight excluding hydrogens is 238 g/mol. The van der Waals surface area contributed by atoms with Gasteiger partial charge in [0.2, 0.25) is 0 Å². The highest BCUT2D eigenvalue weighted by Crippen LogP contribution is 2.31. The first kappa shape index (κ1) is 12.7. The molecule has 2 rings (SSSR count). The van der Waals surface area contributed by atoms with Gasteiger partial charge in [-0.25, -0.2) is 0 Å². The van der Waals surface area contributed by atoms with Gasteiger partial charge in [0.05, 0.1) is 20.3 Å². The number of benzene rings is 1. The first-order valence-corrected chi connectivity index (χ1v) is 5.52. The molecule has 0 bridgehead atoms. The fourth-order valence-corrected chi connectivity index (χ4v) is 1.58. The molecule has 98 valence electrons. The molecule has 0 aliphatic carbocycles. The summed E-state index contributed by atoms with van der Waals surface area (Å²) in [5, 5.41) is 8.85. The van der Waals surface area contributed by atoms with E-state index >= 15 is 0 Å². The summed E-state index contributed by atoms with van der Waals surface area (Å²) in [5.41, 5.74) is 6.00. The summed E-state index contributed by atoms with van der Waals surface area (Å²) in [7, 11) is 1.50. The SMILES string of the molecule is COc1cc(C(N)C(=O)O)ccc1OC1COC1. The van der Waals surface area contributed by atoms with Crippen LogP contribution in [0.4, 0.5) is 0 Å². The average Bonchev–Trinajstić information content (AvgIpc) is 2.32. The molecular formula is C12H15NO5. The topological polar surface area (TPSA) is 91.0 Å². The van der Waals surface area contributed by atoms with Crippen LogP contribution >= 0.6 is 0 Å². The van der Waals surface area contributed by atoms with Crippen molar-refractivity contribution in [2.24, 2.45) is 5.73 Å². The van der Waals surface area contributed by atoms with Gasteiger partial charge in [0.15, 0.2) is 11.5 Å². The van der Waals surface area contributed by atoms with Gasteiger partial charge in [-0.15, -0.1) is 0 Å². The molecule has 0 aromatic heterocycles. The van der Waals surface area contributed by atoms with Crippen LogP contribution in [-0.2, 0) is 9.53 Å². The molecule has 1 heterocycles. The second-order valence-electron chi connectivity index (χ2n) is 4.00. The molecule has 1 fully saturated rings. The van der Waals surface area contributed by atoms with Crippen LogP contribution in [0.2, 0.25) is 0 Å². The molecule has 0 saturated carbocycles. The Balaban J connectivity index is 2.19. The quantitative estimate of drug-likeness (QED) is 0.796. The maximum atomic E-state index is 10.8. The molecule has 1 aliphatic rings. The lowest BCUT2D eigenvalue weighted by atomic mass is 10.1. The Hall–Kier alpha value is -1.79. The van der Waals surface area contributed by atoms with E-state index in [-0.39, 0.29) is 6.10 Å². The summed E-state index contributed by atoms with van der Waals surface area (Å²) < 4.78 is 15.8. The maximum absolute atomic E-state index is 10.8. The predicted octanol–water partition coefficient (Wildman–Crippen LogP) is 0.557. The van der Waals surface area contributed by atoms with Gasteiger partial charge in [0, 0.05) is 0 Å². The fourth-order valence-electron chi connectivity index (χ4n) is 1.58. The second kappa shape index (κ2) is 5.24. The van der Waals surface area contributed by atoms with Crippen molar-refractivity contribution in [2.45, 2.75) is 12.1 Å². The Morgan fingerprint density at radius 3 is 2.72 bits per heavy atom. The van der Waals surface area contributed by atoms with Gasteiger partial charge in [0.25, 0.3) is 0 Å². The molecule has 1 saturated heterocycles. The lowest BCUT2D eigenvalue weighted by molar-refractivity contribution is -0.138. The Morgan fingerprint density at radius 1 is 1.50 bits per heavy atom. The van der Waals surface area contributed by atoms with Crippen LogP contribution < -0.4 is 15.2 Å². The molecule has 1 aromatic rings. The third kappa shape index (κ3) is 2.55. The molecule has 3 N–H and O–H groups in total. The number of methoxy groups -OCH3 is 1. The number of rotatable bonds is 5. The van der Waals surface area contributed by atoms with Crippen molar-refractivity contribution in [1.29, 1.82) is 0 Å². The lowest BCUT2D eigenvalue weighted by Gasteiger charge is -2.27. The highest BCUT2D eigenvalue weighted by atomic mass is 16.6. The van der Waals surface area contributed by atoms with E-state index in [1.54, 1.807) is 18.2 Å². The van der Waals surface area contributed by atoms with Crippen LogP contribution in [0.15, 0.2) is 18.2 Å². The Morgan fingerprint density at radius 2 is 2.22 bits per heavy atom. The van der Waals surface area contributed by atoms with E-state index in [2.05, 4.69) is 0 Å². The van der Waals surface area contributed by atoms with E-state index in [0.717, 1.165) is 0 Å². The minimum absolute atomic E-state index is 0.0258. The Labute approximate surface area is 104 Å². The standard InChI is InChI=1S/C12H15NO5/c1-16-10-4-7(11(13)12(14)15)2-3-9(10)18-8-5-17-6-8/h2-4,8,11H,5-6,13H2,1H3,(H,14,15). The molecule has 0 spiro atoms. The first-order chi connectivity index (χ1) is 8.61. The fraction of sp³-hybridized carbons (Fsp3) is 0.417. The van der Waals surface area contributed by atoms with Crippen molar-refractivity contribution in [1.82, 2.24) is 0 Å². The minimum Gasteiger partial charge on any atom is -0.493 e. The summed E-state index contributed by atoms with van der Waals surface area (Å²) in [5.74, 6) is -0.0543. The zero-order chi connectivity index (χ0) is 13.1. The summed E-state index contributed by atoms with van der Waals surface area (Å²) in [6.45, 7) is 1.11. The second-order valence-corrected chi connectivity index (χ2v) is 4.00. The maximum Gasteiger partial charge on any atom is 0.325 e. The van der Waals surface area contributed by atoms with E-state index in [4.69, 9.17) is 25.1 Å². The monoisotopic (exact) mass is 253 g/mol. The molecule has 1 aliphatic heterocycles. The number of ether oxygens (including phenoxy) is 3. The van der Waals surface area contributed by atoms with Crippen molar-refractivity contribution in [3.05, 3.63) is 23.8 Å². The van der Waals surface area contributed by atoms with Gasteiger partial charge in [-0.1, -0.05) is 6.07 Å². The van der Waals surface area contributed by atoms with Crippen molar-refractivity contribution >= 4 is 5.97 Å². The molecule has 6 heteroatoms. The summed E-state index contributed by atoms with van der Waals surface area (Å²) >= 11 is 0. The van der Waals surface area contributed by atoms with Crippen molar-refractivity contribution in [2.75, 3.05) is 20.3 Å². The Bertz CT molecular complexity index is 444. The molecule has 0 radical (unpaired) electrons. The summed E-state index contributed by atoms with van der Waals surface area (Å²) in [6.07, 6.45) is 0.0258. The van der Waals surface area contributed by atoms with Gasteiger partial charge in [-0.2, -0.15) is 0 Å². The number of carboxylic acids is 1. The van der Waals surface area contributed by atoms with E-state index in [1.165, 1.54) is 7.11 Å². The van der Waals surface area contributed by atoms with Crippen LogP contribution in [0.25, 0.3) is 0 Å². The van der Waals surface area contributed by atoms with Crippen molar-refractivity contribution in [3.63, 3.8) is 0 Å². The normalized spacial score (nSPS) is 16.8. The van der Waals surface area contributed by atoms with Gasteiger partial charge in [-0.05, 0) is 17.7 Å². The van der Waals surface area contributed by atoms with E-state index in [1.807, 2.05) is 0 Å². The minimum atomic E-state index is -1.09. The first-order valence-electron chi connectivity index (χ1n) is 5.52. The molecule has 1 aromatic carbocycles. The molecule has 18 heavy (non-hydrogen) atoms. The van der Waals surface area contributed by atoms with E-state index in [0.29, 0.717) is 30.3 Å². The zero-order valence-corrected chi connectivity index (χ0v) is 9.96. The smallest absolute Gasteiger partial charge is 0.325 e. The molecule has 0 amide bonds. The highest BCUT2D eigenvalue weighted by Gasteiger charge is 2.23. The van der Waals surface area contributed by atoms with E-state index in [9.17, 15) is 4.79 Å². The molecule has 1 unspecified atom stereocenters. The summed E-state index contributed by atoms with van der Waals surface area (Å²) in [6, 6.07) is 3.79. The van der Waals surface area contributed by atoms with Crippen LogP contribution in [0, 0.1) is 0 Å². The van der Waals surface area contributed by atoms with Crippen molar-refractivity contribution < 1.29 is 24.1 Å². The number of carbonyl (C=O) groups is 1. The molecule has 6 nitrogen and oxygen atoms in total. The number of carboxylic acid groups (broad SMARTS) is 1. The van der Waals surface area contributed by atoms with Gasteiger partial charge >= 0.3 is 5.97 Å². The zero-order valence-electron chi connectivity index (χ0n) is 9.96. The van der Waals surface area contributed by atoms with E-state index < -0.39 is 12.0 Å². The van der Waals surface area contributed by atoms with Gasteiger partial charge < -0.3 is 25.1 Å². The molecule has 1 atom stereocenters. The predicted molar refractivity (Wildman–Crippen MR) is 62.8 cm³/mol. The number of nitrogens with two attached hydrogens (primary N) is 1. The van der Waals surface area contributed by atoms with Gasteiger partial charge in [-0.3, -0.25) is 4.79 Å². The number of hydrogen-bond acceptors (Lipinski definition) is 5. The van der Waals surface area contributed by atoms with Gasteiger partial charge in [0.1, 0.15) is 12.1 Å². The van der Waals surface area contributed by atoms with Crippen LogP contribution in [0.5, 0.6) is 11.5 Å². The number of aliphatic carboxylic acids is 1. The average molecular weight is 253 g/mol. The van der Waals surface area contributed by atoms with Crippen LogP contribution in [0.3, 0.4) is 0 Å². The summed E-state index contributed by atoms with van der Waals surface area (Å²) in [4.78, 5) is 10.8. The van der Waals surface area contributed by atoms with Crippen LogP contribution in [-0.4, -0.2) is 37.5 Å². The lowest BCUT2D eigenvalue weighted by Crippen LogP contribution is -2.38. The highest BCUT2D eigenvalue weighted by molar-refractivity contribution is 5.75.